The summed E-state index contributed by atoms with van der Waals surface area (Å²) in [5.41, 5.74) is 5.59. The summed E-state index contributed by atoms with van der Waals surface area (Å²) in [6.07, 6.45) is 1.06. The van der Waals surface area contributed by atoms with Gasteiger partial charge < -0.3 is 5.73 Å². The second kappa shape index (κ2) is 3.51. The molecule has 0 atom stereocenters. The van der Waals surface area contributed by atoms with Crippen molar-refractivity contribution in [1.82, 2.24) is 0 Å². The average molecular weight is 252 g/mol. The van der Waals surface area contributed by atoms with Crippen molar-refractivity contribution in [2.45, 2.75) is 0 Å². The topological polar surface area (TPSA) is 121 Å². The molecule has 0 aliphatic heterocycles. The van der Waals surface area contributed by atoms with Crippen LogP contribution in [0.1, 0.15) is 15.9 Å². The highest BCUT2D eigenvalue weighted by molar-refractivity contribution is 7.91. The molecule has 0 spiro atoms. The number of benzene rings is 1. The molecular weight excluding hydrogens is 244 g/mol. The standard InChI is InChI=1S/C10H8N2O4S/c11-6-1-2-7-5(3-6)4-8(17(14,15)16)9(12)10(7)13/h1-4,12H,11H2,(H,14,15,16). The van der Waals surface area contributed by atoms with Gasteiger partial charge >= 0.3 is 0 Å². The van der Waals surface area contributed by atoms with E-state index >= 15 is 0 Å². The summed E-state index contributed by atoms with van der Waals surface area (Å²) in [5, 5.41) is 7.40. The number of carbonyl (C=O) groups excluding carboxylic acids is 1. The molecule has 6 nitrogen and oxygen atoms in total. The van der Waals surface area contributed by atoms with E-state index in [1.165, 1.54) is 18.2 Å². The summed E-state index contributed by atoms with van der Waals surface area (Å²) in [6.45, 7) is 0. The number of ketones is 1. The highest BCUT2D eigenvalue weighted by Gasteiger charge is 2.30. The summed E-state index contributed by atoms with van der Waals surface area (Å²) in [6, 6.07) is 4.31. The Kier molecular flexibility index (Phi) is 2.37. The van der Waals surface area contributed by atoms with E-state index in [9.17, 15) is 13.2 Å². The number of nitrogen functional groups attached to an aromatic ring is 1. The van der Waals surface area contributed by atoms with E-state index in [2.05, 4.69) is 0 Å². The third kappa shape index (κ3) is 1.85. The normalized spacial score (nSPS) is 15.5. The lowest BCUT2D eigenvalue weighted by molar-refractivity contribution is 0.106. The number of allylic oxidation sites excluding steroid dienone is 1. The van der Waals surface area contributed by atoms with Gasteiger partial charge in [0, 0.05) is 11.3 Å². The number of rotatable bonds is 1. The monoisotopic (exact) mass is 252 g/mol. The maximum Gasteiger partial charge on any atom is 0.296 e. The fourth-order valence-electron chi connectivity index (χ4n) is 1.57. The highest BCUT2D eigenvalue weighted by Crippen LogP contribution is 2.26. The maximum atomic E-state index is 11.7. The zero-order valence-electron chi connectivity index (χ0n) is 8.47. The van der Waals surface area contributed by atoms with Crippen LogP contribution in [0.4, 0.5) is 5.69 Å². The second-order valence-corrected chi connectivity index (χ2v) is 4.92. The van der Waals surface area contributed by atoms with Gasteiger partial charge in [0.1, 0.15) is 10.6 Å². The van der Waals surface area contributed by atoms with E-state index in [1.807, 2.05) is 0 Å². The van der Waals surface area contributed by atoms with Crippen LogP contribution in [0.2, 0.25) is 0 Å². The summed E-state index contributed by atoms with van der Waals surface area (Å²) in [7, 11) is -4.59. The molecule has 17 heavy (non-hydrogen) atoms. The maximum absolute atomic E-state index is 11.7. The van der Waals surface area contributed by atoms with E-state index in [-0.39, 0.29) is 11.1 Å². The van der Waals surface area contributed by atoms with E-state index in [0.29, 0.717) is 5.69 Å². The van der Waals surface area contributed by atoms with Gasteiger partial charge in [-0.25, -0.2) is 0 Å². The summed E-state index contributed by atoms with van der Waals surface area (Å²) in [5.74, 6) is -0.755. The molecule has 0 radical (unpaired) electrons. The molecule has 1 aromatic rings. The molecule has 0 saturated carbocycles. The van der Waals surface area contributed by atoms with Gasteiger partial charge in [0.2, 0.25) is 5.78 Å². The lowest BCUT2D eigenvalue weighted by Gasteiger charge is -2.14. The van der Waals surface area contributed by atoms with Crippen molar-refractivity contribution < 1.29 is 17.8 Å². The Hall–Kier alpha value is -1.99. The van der Waals surface area contributed by atoms with Crippen LogP contribution in [-0.2, 0) is 10.1 Å². The molecule has 88 valence electrons. The number of fused-ring (bicyclic) bond motifs is 1. The number of hydrogen-bond donors (Lipinski definition) is 3. The minimum atomic E-state index is -4.59. The van der Waals surface area contributed by atoms with Gasteiger partial charge in [0.05, 0.1) is 0 Å². The molecule has 7 heteroatoms. The Balaban J connectivity index is 2.76. The van der Waals surface area contributed by atoms with Crippen molar-refractivity contribution in [1.29, 1.82) is 5.41 Å². The number of hydrogen-bond acceptors (Lipinski definition) is 5. The van der Waals surface area contributed by atoms with E-state index in [1.54, 1.807) is 0 Å². The van der Waals surface area contributed by atoms with Gasteiger partial charge in [-0.3, -0.25) is 14.8 Å². The molecule has 0 aromatic heterocycles. The van der Waals surface area contributed by atoms with Gasteiger partial charge in [0.25, 0.3) is 10.1 Å². The van der Waals surface area contributed by atoms with Gasteiger partial charge in [-0.15, -0.1) is 0 Å². The summed E-state index contributed by atoms with van der Waals surface area (Å²) < 4.78 is 30.9. The molecule has 0 saturated heterocycles. The van der Waals surface area contributed by atoms with Gasteiger partial charge in [-0.1, -0.05) is 0 Å². The molecule has 4 N–H and O–H groups in total. The summed E-state index contributed by atoms with van der Waals surface area (Å²) in [4.78, 5) is 11.0. The van der Waals surface area contributed by atoms with Crippen LogP contribution in [0.15, 0.2) is 23.1 Å². The SMILES string of the molecule is N=C1C(=O)c2ccc(N)cc2C=C1S(=O)(=O)O. The Morgan fingerprint density at radius 1 is 1.29 bits per heavy atom. The lowest BCUT2D eigenvalue weighted by Crippen LogP contribution is -2.25. The fraction of sp³-hybridized carbons (Fsp3) is 0. The van der Waals surface area contributed by atoms with E-state index in [4.69, 9.17) is 15.7 Å². The Labute approximate surface area is 97.0 Å². The Morgan fingerprint density at radius 3 is 2.53 bits per heavy atom. The predicted molar refractivity (Wildman–Crippen MR) is 62.4 cm³/mol. The first-order valence-corrected chi connectivity index (χ1v) is 5.97. The molecule has 0 heterocycles. The van der Waals surface area contributed by atoms with Crippen LogP contribution in [-0.4, -0.2) is 24.5 Å². The van der Waals surface area contributed by atoms with Crippen molar-refractivity contribution in [2.75, 3.05) is 5.73 Å². The van der Waals surface area contributed by atoms with Crippen LogP contribution in [0, 0.1) is 5.41 Å². The van der Waals surface area contributed by atoms with Gasteiger partial charge in [0.15, 0.2) is 0 Å². The first kappa shape index (κ1) is 11.5. The molecule has 0 bridgehead atoms. The minimum Gasteiger partial charge on any atom is -0.399 e. The van der Waals surface area contributed by atoms with Crippen molar-refractivity contribution in [2.24, 2.45) is 0 Å². The molecule has 1 aromatic carbocycles. The van der Waals surface area contributed by atoms with Gasteiger partial charge in [-0.2, -0.15) is 8.42 Å². The number of nitrogens with two attached hydrogens (primary N) is 1. The van der Waals surface area contributed by atoms with Crippen molar-refractivity contribution in [3.05, 3.63) is 34.2 Å². The minimum absolute atomic E-state index is 0.191. The quantitative estimate of drug-likeness (QED) is 0.502. The largest absolute Gasteiger partial charge is 0.399 e. The molecule has 1 aliphatic carbocycles. The van der Waals surface area contributed by atoms with Crippen LogP contribution in [0.3, 0.4) is 0 Å². The third-order valence-corrected chi connectivity index (χ3v) is 3.24. The summed E-state index contributed by atoms with van der Waals surface area (Å²) >= 11 is 0. The Morgan fingerprint density at radius 2 is 1.94 bits per heavy atom. The molecule has 0 unspecified atom stereocenters. The van der Waals surface area contributed by atoms with Crippen LogP contribution >= 0.6 is 0 Å². The van der Waals surface area contributed by atoms with Crippen LogP contribution in [0.5, 0.6) is 0 Å². The zero-order chi connectivity index (χ0) is 12.8. The molecule has 1 aliphatic rings. The van der Waals surface area contributed by atoms with Crippen molar-refractivity contribution in [3.63, 3.8) is 0 Å². The van der Waals surface area contributed by atoms with Crippen LogP contribution in [0.25, 0.3) is 6.08 Å². The van der Waals surface area contributed by atoms with Crippen molar-refractivity contribution in [3.8, 4) is 0 Å². The highest BCUT2D eigenvalue weighted by atomic mass is 32.2. The first-order chi connectivity index (χ1) is 7.80. The molecular formula is C10H8N2O4S. The Bertz CT molecular complexity index is 674. The number of carbonyl (C=O) groups is 1. The average Bonchev–Trinajstić information content (AvgIpc) is 2.21. The van der Waals surface area contributed by atoms with Crippen molar-refractivity contribution >= 4 is 33.4 Å². The smallest absolute Gasteiger partial charge is 0.296 e. The number of anilines is 1. The van der Waals surface area contributed by atoms with E-state index in [0.717, 1.165) is 6.08 Å². The molecule has 0 fully saturated rings. The zero-order valence-corrected chi connectivity index (χ0v) is 9.28. The van der Waals surface area contributed by atoms with E-state index < -0.39 is 26.5 Å². The third-order valence-electron chi connectivity index (χ3n) is 2.36. The van der Waals surface area contributed by atoms with Gasteiger partial charge in [-0.05, 0) is 29.8 Å². The molecule has 0 amide bonds. The number of nitrogens with one attached hydrogen (secondary N) is 1. The predicted octanol–water partition coefficient (Wildman–Crippen LogP) is 0.714. The fourth-order valence-corrected chi connectivity index (χ4v) is 2.20. The van der Waals surface area contributed by atoms with Crippen LogP contribution < -0.4 is 5.73 Å². The second-order valence-electron chi connectivity index (χ2n) is 3.53. The number of Topliss-reactive ketones (excluding diaryl/α,β-unsaturated/α-hetero) is 1. The molecule has 2 rings (SSSR count). The lowest BCUT2D eigenvalue weighted by atomic mass is 9.94. The first-order valence-electron chi connectivity index (χ1n) is 4.53.